The number of hydrogen-bond donors (Lipinski definition) is 1. The number of benzene rings is 3. The zero-order valence-corrected chi connectivity index (χ0v) is 26.8. The number of aryl methyl sites for hydroxylation is 2. The maximum Gasteiger partial charge on any atom is 0.243 e. The molecule has 0 heterocycles. The zero-order chi connectivity index (χ0) is 31.0. The second-order valence-electron chi connectivity index (χ2n) is 11.5. The predicted octanol–water partition coefficient (Wildman–Crippen LogP) is 6.20. The molecular weight excluding hydrogens is 582 g/mol. The van der Waals surface area contributed by atoms with E-state index in [0.29, 0.717) is 23.6 Å². The average Bonchev–Trinajstić information content (AvgIpc) is 3.48. The van der Waals surface area contributed by atoms with Gasteiger partial charge in [-0.25, -0.2) is 8.42 Å². The first-order valence-electron chi connectivity index (χ1n) is 14.9. The van der Waals surface area contributed by atoms with Gasteiger partial charge in [-0.05, 0) is 67.5 Å². The van der Waals surface area contributed by atoms with E-state index in [1.54, 1.807) is 11.0 Å². The minimum atomic E-state index is -3.59. The minimum absolute atomic E-state index is 0.0728. The van der Waals surface area contributed by atoms with Crippen molar-refractivity contribution in [1.82, 2.24) is 10.2 Å². The summed E-state index contributed by atoms with van der Waals surface area (Å²) in [5, 5.41) is 3.73. The lowest BCUT2D eigenvalue weighted by Crippen LogP contribution is -2.52. The summed E-state index contributed by atoms with van der Waals surface area (Å²) in [6.07, 6.45) is 5.92. The Labute approximate surface area is 261 Å². The summed E-state index contributed by atoms with van der Waals surface area (Å²) in [4.78, 5) is 29.5. The lowest BCUT2D eigenvalue weighted by molar-refractivity contribution is -0.141. The van der Waals surface area contributed by atoms with E-state index in [9.17, 15) is 18.0 Å². The van der Waals surface area contributed by atoms with Gasteiger partial charge in [-0.2, -0.15) is 0 Å². The molecule has 230 valence electrons. The van der Waals surface area contributed by atoms with Gasteiger partial charge in [-0.3, -0.25) is 13.9 Å². The lowest BCUT2D eigenvalue weighted by atomic mass is 10.0. The molecule has 0 saturated heterocycles. The normalized spacial score (nSPS) is 14.3. The summed E-state index contributed by atoms with van der Waals surface area (Å²) in [6, 6.07) is 22.1. The Morgan fingerprint density at radius 3 is 2.33 bits per heavy atom. The molecule has 3 aromatic rings. The SMILES string of the molecule is Cc1ccc(C)c(N(CCCC(=O)N(Cc2ccccc2Cl)[C@H](Cc2ccccc2)C(=O)NC2CCCC2)S(C)(=O)=O)c1. The minimum Gasteiger partial charge on any atom is -0.352 e. The van der Waals surface area contributed by atoms with Gasteiger partial charge in [0.15, 0.2) is 0 Å². The summed E-state index contributed by atoms with van der Waals surface area (Å²) < 4.78 is 27.0. The second kappa shape index (κ2) is 14.9. The van der Waals surface area contributed by atoms with Crippen LogP contribution in [0.5, 0.6) is 0 Å². The van der Waals surface area contributed by atoms with Crippen molar-refractivity contribution in [3.05, 3.63) is 100 Å². The van der Waals surface area contributed by atoms with E-state index < -0.39 is 16.1 Å². The molecule has 3 aromatic carbocycles. The van der Waals surface area contributed by atoms with Crippen LogP contribution in [-0.2, 0) is 32.6 Å². The third-order valence-corrected chi connectivity index (χ3v) is 9.61. The van der Waals surface area contributed by atoms with Crippen LogP contribution in [0.3, 0.4) is 0 Å². The molecule has 1 fully saturated rings. The molecule has 0 aliphatic heterocycles. The largest absolute Gasteiger partial charge is 0.352 e. The second-order valence-corrected chi connectivity index (χ2v) is 13.9. The number of nitrogens with one attached hydrogen (secondary N) is 1. The van der Waals surface area contributed by atoms with Gasteiger partial charge in [-0.15, -0.1) is 0 Å². The van der Waals surface area contributed by atoms with Crippen LogP contribution in [0, 0.1) is 13.8 Å². The Morgan fingerprint density at radius 2 is 1.65 bits per heavy atom. The summed E-state index contributed by atoms with van der Waals surface area (Å²) in [5.41, 5.74) is 4.10. The van der Waals surface area contributed by atoms with Crippen molar-refractivity contribution in [2.24, 2.45) is 0 Å². The predicted molar refractivity (Wildman–Crippen MR) is 174 cm³/mol. The van der Waals surface area contributed by atoms with Gasteiger partial charge >= 0.3 is 0 Å². The fraction of sp³-hybridized carbons (Fsp3) is 0.412. The van der Waals surface area contributed by atoms with Gasteiger partial charge in [0.05, 0.1) is 11.9 Å². The molecule has 0 bridgehead atoms. The van der Waals surface area contributed by atoms with Crippen LogP contribution in [-0.4, -0.2) is 50.0 Å². The molecule has 0 aromatic heterocycles. The molecular formula is C34H42ClN3O4S. The number of amides is 2. The molecule has 43 heavy (non-hydrogen) atoms. The number of carbonyl (C=O) groups excluding carboxylic acids is 2. The van der Waals surface area contributed by atoms with Crippen LogP contribution >= 0.6 is 11.6 Å². The molecule has 4 rings (SSSR count). The van der Waals surface area contributed by atoms with Gasteiger partial charge < -0.3 is 10.2 Å². The highest BCUT2D eigenvalue weighted by atomic mass is 35.5. The average molecular weight is 624 g/mol. The number of rotatable bonds is 13. The third-order valence-electron chi connectivity index (χ3n) is 8.06. The van der Waals surface area contributed by atoms with E-state index in [-0.39, 0.29) is 37.4 Å². The quantitative estimate of drug-likeness (QED) is 0.246. The molecule has 1 aliphatic carbocycles. The lowest BCUT2D eigenvalue weighted by Gasteiger charge is -2.33. The van der Waals surface area contributed by atoms with Gasteiger partial charge in [0.1, 0.15) is 6.04 Å². The van der Waals surface area contributed by atoms with Crippen molar-refractivity contribution < 1.29 is 18.0 Å². The first kappa shape index (κ1) is 32.6. The summed E-state index contributed by atoms with van der Waals surface area (Å²) in [6.45, 7) is 4.11. The topological polar surface area (TPSA) is 86.8 Å². The molecule has 1 saturated carbocycles. The van der Waals surface area contributed by atoms with Crippen molar-refractivity contribution in [2.75, 3.05) is 17.1 Å². The Balaban J connectivity index is 1.61. The van der Waals surface area contributed by atoms with E-state index in [2.05, 4.69) is 5.32 Å². The van der Waals surface area contributed by atoms with Gasteiger partial charge in [0.25, 0.3) is 0 Å². The van der Waals surface area contributed by atoms with Crippen LogP contribution in [0.4, 0.5) is 5.69 Å². The Morgan fingerprint density at radius 1 is 0.977 bits per heavy atom. The number of sulfonamides is 1. The van der Waals surface area contributed by atoms with E-state index in [1.165, 1.54) is 10.6 Å². The van der Waals surface area contributed by atoms with E-state index in [1.807, 2.05) is 80.6 Å². The third kappa shape index (κ3) is 9.07. The molecule has 7 nitrogen and oxygen atoms in total. The van der Waals surface area contributed by atoms with Crippen LogP contribution in [0.15, 0.2) is 72.8 Å². The van der Waals surface area contributed by atoms with Crippen molar-refractivity contribution in [3.8, 4) is 0 Å². The van der Waals surface area contributed by atoms with Crippen LogP contribution in [0.1, 0.15) is 60.8 Å². The molecule has 1 atom stereocenters. The fourth-order valence-corrected chi connectivity index (χ4v) is 6.91. The summed E-state index contributed by atoms with van der Waals surface area (Å²) in [7, 11) is -3.59. The highest BCUT2D eigenvalue weighted by molar-refractivity contribution is 7.92. The van der Waals surface area contributed by atoms with E-state index >= 15 is 0 Å². The Hall–Kier alpha value is -3.36. The maximum absolute atomic E-state index is 14.1. The van der Waals surface area contributed by atoms with E-state index in [0.717, 1.165) is 47.9 Å². The number of anilines is 1. The standard InChI is InChI=1S/C34H42ClN3O4S/c1-25-19-20-26(2)31(22-25)38(43(3,41)42)21-11-18-33(39)37(24-28-14-7-10-17-30(28)35)32(23-27-12-5-4-6-13-27)34(40)36-29-15-8-9-16-29/h4-7,10,12-14,17,19-20,22,29,32H,8-9,11,15-16,18,21,23-24H2,1-3H3,(H,36,40)/t32-/m1/s1. The maximum atomic E-state index is 14.1. The molecule has 0 spiro atoms. The fourth-order valence-electron chi connectivity index (χ4n) is 5.70. The molecule has 2 amide bonds. The van der Waals surface area contributed by atoms with Crippen molar-refractivity contribution >= 4 is 39.1 Å². The van der Waals surface area contributed by atoms with E-state index in [4.69, 9.17) is 11.6 Å². The smallest absolute Gasteiger partial charge is 0.243 e. The first-order valence-corrected chi connectivity index (χ1v) is 17.2. The Kier molecular flexibility index (Phi) is 11.3. The number of carbonyl (C=O) groups is 2. The summed E-state index contributed by atoms with van der Waals surface area (Å²) in [5.74, 6) is -0.402. The monoisotopic (exact) mass is 623 g/mol. The Bertz CT molecular complexity index is 1510. The molecule has 1 aliphatic rings. The van der Waals surface area contributed by atoms with Crippen molar-refractivity contribution in [3.63, 3.8) is 0 Å². The molecule has 9 heteroatoms. The highest BCUT2D eigenvalue weighted by Crippen LogP contribution is 2.26. The summed E-state index contributed by atoms with van der Waals surface area (Å²) >= 11 is 6.53. The highest BCUT2D eigenvalue weighted by Gasteiger charge is 2.32. The van der Waals surface area contributed by atoms with Gasteiger partial charge in [0.2, 0.25) is 21.8 Å². The zero-order valence-electron chi connectivity index (χ0n) is 25.3. The number of nitrogens with zero attached hydrogens (tertiary/aromatic N) is 2. The number of halogens is 1. The molecule has 0 unspecified atom stereocenters. The first-order chi connectivity index (χ1) is 20.5. The van der Waals surface area contributed by atoms with Gasteiger partial charge in [0, 0.05) is 37.0 Å². The van der Waals surface area contributed by atoms with Crippen LogP contribution in [0.2, 0.25) is 5.02 Å². The van der Waals surface area contributed by atoms with Crippen molar-refractivity contribution in [1.29, 1.82) is 0 Å². The van der Waals surface area contributed by atoms with Gasteiger partial charge in [-0.1, -0.05) is 85.1 Å². The number of hydrogen-bond acceptors (Lipinski definition) is 4. The van der Waals surface area contributed by atoms with Crippen molar-refractivity contribution in [2.45, 2.75) is 77.4 Å². The van der Waals surface area contributed by atoms with Crippen LogP contribution < -0.4 is 9.62 Å². The molecule has 1 N–H and O–H groups in total. The van der Waals surface area contributed by atoms with Crippen LogP contribution in [0.25, 0.3) is 0 Å². The molecule has 0 radical (unpaired) electrons.